The van der Waals surface area contributed by atoms with E-state index in [1.807, 2.05) is 18.7 Å². The first-order valence-corrected chi connectivity index (χ1v) is 8.74. The molecular weight excluding hydrogens is 262 g/mol. The van der Waals surface area contributed by atoms with E-state index in [0.29, 0.717) is 5.91 Å². The number of carbonyl (C=O) groups is 1. The number of hydrogen-bond donors (Lipinski definition) is 0. The van der Waals surface area contributed by atoms with Crippen LogP contribution in [-0.2, 0) is 4.79 Å². The average molecular weight is 297 g/mol. The Morgan fingerprint density at radius 1 is 1.05 bits per heavy atom. The van der Waals surface area contributed by atoms with Gasteiger partial charge in [-0.1, -0.05) is 33.6 Å². The number of piperazine rings is 1. The van der Waals surface area contributed by atoms with E-state index >= 15 is 0 Å². The Morgan fingerprint density at radius 2 is 1.67 bits per heavy atom. The van der Waals surface area contributed by atoms with Crippen molar-refractivity contribution in [3.05, 3.63) is 0 Å². The van der Waals surface area contributed by atoms with Gasteiger partial charge in [-0.2, -0.15) is 0 Å². The third-order valence-corrected chi connectivity index (χ3v) is 4.48. The van der Waals surface area contributed by atoms with Crippen LogP contribution in [-0.4, -0.2) is 73.5 Å². The number of rotatable bonds is 9. The summed E-state index contributed by atoms with van der Waals surface area (Å²) in [5, 5.41) is 0. The zero-order valence-corrected chi connectivity index (χ0v) is 14.6. The summed E-state index contributed by atoms with van der Waals surface area (Å²) in [6.45, 7) is 13.7. The lowest BCUT2D eigenvalue weighted by Crippen LogP contribution is -2.49. The second-order valence-electron chi connectivity index (χ2n) is 6.63. The Kier molecular flexibility index (Phi) is 8.93. The molecule has 0 radical (unpaired) electrons. The van der Waals surface area contributed by atoms with Gasteiger partial charge in [-0.15, -0.1) is 0 Å². The van der Waals surface area contributed by atoms with Crippen LogP contribution in [0.15, 0.2) is 0 Å². The van der Waals surface area contributed by atoms with Crippen LogP contribution in [0.4, 0.5) is 0 Å². The van der Waals surface area contributed by atoms with Gasteiger partial charge in [-0.25, -0.2) is 0 Å². The van der Waals surface area contributed by atoms with Crippen LogP contribution < -0.4 is 0 Å². The SMILES string of the molecule is CCN(C)CCCCCCN1CCN(C(=O)C(C)C)CC1. The second kappa shape index (κ2) is 10.2. The molecule has 1 saturated heterocycles. The lowest BCUT2D eigenvalue weighted by Gasteiger charge is -2.35. The lowest BCUT2D eigenvalue weighted by molar-refractivity contribution is -0.136. The second-order valence-corrected chi connectivity index (χ2v) is 6.63. The predicted molar refractivity (Wildman–Crippen MR) is 89.5 cm³/mol. The van der Waals surface area contributed by atoms with Gasteiger partial charge in [0.15, 0.2) is 0 Å². The van der Waals surface area contributed by atoms with Gasteiger partial charge >= 0.3 is 0 Å². The quantitative estimate of drug-likeness (QED) is 0.611. The van der Waals surface area contributed by atoms with Crippen molar-refractivity contribution in [3.63, 3.8) is 0 Å². The van der Waals surface area contributed by atoms with E-state index in [2.05, 4.69) is 23.8 Å². The fraction of sp³-hybridized carbons (Fsp3) is 0.941. The zero-order chi connectivity index (χ0) is 15.7. The van der Waals surface area contributed by atoms with E-state index in [1.54, 1.807) is 0 Å². The summed E-state index contributed by atoms with van der Waals surface area (Å²) >= 11 is 0. The summed E-state index contributed by atoms with van der Waals surface area (Å²) in [5.41, 5.74) is 0. The molecule has 21 heavy (non-hydrogen) atoms. The fourth-order valence-corrected chi connectivity index (χ4v) is 2.79. The molecule has 1 aliphatic heterocycles. The summed E-state index contributed by atoms with van der Waals surface area (Å²) in [4.78, 5) is 18.8. The first kappa shape index (κ1) is 18.4. The van der Waals surface area contributed by atoms with Gasteiger partial charge in [-0.05, 0) is 39.5 Å². The first-order valence-electron chi connectivity index (χ1n) is 8.74. The summed E-state index contributed by atoms with van der Waals surface area (Å²) < 4.78 is 0. The third-order valence-electron chi connectivity index (χ3n) is 4.48. The molecule has 4 nitrogen and oxygen atoms in total. The van der Waals surface area contributed by atoms with E-state index < -0.39 is 0 Å². The molecule has 0 bridgehead atoms. The molecule has 0 atom stereocenters. The molecule has 124 valence electrons. The zero-order valence-electron chi connectivity index (χ0n) is 14.6. The van der Waals surface area contributed by atoms with Crippen molar-refractivity contribution in [2.75, 3.05) is 52.9 Å². The molecule has 1 fully saturated rings. The minimum absolute atomic E-state index is 0.137. The van der Waals surface area contributed by atoms with Crippen LogP contribution in [0, 0.1) is 5.92 Å². The standard InChI is InChI=1S/C17H35N3O/c1-5-18(4)10-8-6-7-9-11-19-12-14-20(15-13-19)17(21)16(2)3/h16H,5-15H2,1-4H3. The molecular formula is C17H35N3O. The third kappa shape index (κ3) is 7.28. The molecule has 1 aliphatic rings. The maximum atomic E-state index is 11.9. The number of hydrogen-bond acceptors (Lipinski definition) is 3. The summed E-state index contributed by atoms with van der Waals surface area (Å²) in [6, 6.07) is 0. The van der Waals surface area contributed by atoms with Crippen molar-refractivity contribution >= 4 is 5.91 Å². The van der Waals surface area contributed by atoms with E-state index in [-0.39, 0.29) is 5.92 Å². The van der Waals surface area contributed by atoms with Gasteiger partial charge in [0.25, 0.3) is 0 Å². The molecule has 0 unspecified atom stereocenters. The highest BCUT2D eigenvalue weighted by atomic mass is 16.2. The average Bonchev–Trinajstić information content (AvgIpc) is 2.50. The van der Waals surface area contributed by atoms with Crippen molar-refractivity contribution < 1.29 is 4.79 Å². The Labute approximate surface area is 131 Å². The largest absolute Gasteiger partial charge is 0.340 e. The van der Waals surface area contributed by atoms with Gasteiger partial charge in [0.05, 0.1) is 0 Å². The molecule has 0 spiro atoms. The van der Waals surface area contributed by atoms with Crippen molar-refractivity contribution in [1.82, 2.24) is 14.7 Å². The molecule has 1 amide bonds. The van der Waals surface area contributed by atoms with Crippen molar-refractivity contribution in [3.8, 4) is 0 Å². The number of nitrogens with zero attached hydrogens (tertiary/aromatic N) is 3. The maximum absolute atomic E-state index is 11.9. The maximum Gasteiger partial charge on any atom is 0.225 e. The van der Waals surface area contributed by atoms with Gasteiger partial charge in [0.2, 0.25) is 5.91 Å². The van der Waals surface area contributed by atoms with Crippen LogP contribution in [0.5, 0.6) is 0 Å². The van der Waals surface area contributed by atoms with E-state index in [4.69, 9.17) is 0 Å². The number of amides is 1. The molecule has 0 N–H and O–H groups in total. The van der Waals surface area contributed by atoms with Crippen molar-refractivity contribution in [2.24, 2.45) is 5.92 Å². The molecule has 0 aromatic heterocycles. The minimum Gasteiger partial charge on any atom is -0.340 e. The van der Waals surface area contributed by atoms with Crippen LogP contribution in [0.2, 0.25) is 0 Å². The molecule has 0 aliphatic carbocycles. The first-order chi connectivity index (χ1) is 10.0. The topological polar surface area (TPSA) is 26.8 Å². The Balaban J connectivity index is 2.02. The summed E-state index contributed by atoms with van der Waals surface area (Å²) in [6.07, 6.45) is 5.30. The number of carbonyl (C=O) groups excluding carboxylic acids is 1. The molecule has 4 heteroatoms. The van der Waals surface area contributed by atoms with Crippen LogP contribution in [0.1, 0.15) is 46.5 Å². The fourth-order valence-electron chi connectivity index (χ4n) is 2.79. The van der Waals surface area contributed by atoms with E-state index in [0.717, 1.165) is 32.7 Å². The summed E-state index contributed by atoms with van der Waals surface area (Å²) in [5.74, 6) is 0.451. The van der Waals surface area contributed by atoms with Crippen molar-refractivity contribution in [2.45, 2.75) is 46.5 Å². The van der Waals surface area contributed by atoms with Gasteiger partial charge in [0, 0.05) is 32.1 Å². The van der Waals surface area contributed by atoms with Gasteiger partial charge in [0.1, 0.15) is 0 Å². The molecule has 1 heterocycles. The van der Waals surface area contributed by atoms with E-state index in [9.17, 15) is 4.79 Å². The molecule has 1 rings (SSSR count). The minimum atomic E-state index is 0.137. The molecule has 0 saturated carbocycles. The highest BCUT2D eigenvalue weighted by Gasteiger charge is 2.22. The Hall–Kier alpha value is -0.610. The monoisotopic (exact) mass is 297 g/mol. The lowest BCUT2D eigenvalue weighted by atomic mass is 10.1. The molecule has 0 aromatic carbocycles. The van der Waals surface area contributed by atoms with Gasteiger partial charge in [-0.3, -0.25) is 9.69 Å². The van der Waals surface area contributed by atoms with E-state index in [1.165, 1.54) is 38.8 Å². The predicted octanol–water partition coefficient (Wildman–Crippen LogP) is 2.30. The smallest absolute Gasteiger partial charge is 0.225 e. The van der Waals surface area contributed by atoms with Crippen LogP contribution >= 0.6 is 0 Å². The normalized spacial score (nSPS) is 17.0. The van der Waals surface area contributed by atoms with Gasteiger partial charge < -0.3 is 9.80 Å². The summed E-state index contributed by atoms with van der Waals surface area (Å²) in [7, 11) is 2.19. The molecule has 0 aromatic rings. The Morgan fingerprint density at radius 3 is 2.24 bits per heavy atom. The highest BCUT2D eigenvalue weighted by Crippen LogP contribution is 2.09. The number of unbranched alkanes of at least 4 members (excludes halogenated alkanes) is 3. The van der Waals surface area contributed by atoms with Crippen LogP contribution in [0.3, 0.4) is 0 Å². The Bertz CT molecular complexity index is 286. The van der Waals surface area contributed by atoms with Crippen molar-refractivity contribution in [1.29, 1.82) is 0 Å². The highest BCUT2D eigenvalue weighted by molar-refractivity contribution is 5.78. The van der Waals surface area contributed by atoms with Crippen LogP contribution in [0.25, 0.3) is 0 Å².